The molecular formula is C10H14N2. The first kappa shape index (κ1) is 8.78. The zero-order valence-electron chi connectivity index (χ0n) is 7.33. The van der Waals surface area contributed by atoms with Crippen LogP contribution in [0.1, 0.15) is 13.3 Å². The first-order valence-electron chi connectivity index (χ1n) is 4.10. The van der Waals surface area contributed by atoms with Crippen molar-refractivity contribution in [2.45, 2.75) is 19.4 Å². The molecule has 1 aromatic rings. The molecule has 1 rings (SSSR count). The molecule has 0 radical (unpaired) electrons. The number of hydrogen-bond acceptors (Lipinski definition) is 2. The lowest BCUT2D eigenvalue weighted by atomic mass is 10.2. The Labute approximate surface area is 73.3 Å². The van der Waals surface area contributed by atoms with Crippen molar-refractivity contribution in [3.63, 3.8) is 0 Å². The van der Waals surface area contributed by atoms with Crippen molar-refractivity contribution in [2.24, 2.45) is 0 Å². The fourth-order valence-corrected chi connectivity index (χ4v) is 1.04. The van der Waals surface area contributed by atoms with Gasteiger partial charge in [0, 0.05) is 24.1 Å². The minimum absolute atomic E-state index is 0.435. The summed E-state index contributed by atoms with van der Waals surface area (Å²) in [6, 6.07) is 4.35. The van der Waals surface area contributed by atoms with Crippen LogP contribution in [0.3, 0.4) is 0 Å². The molecule has 0 aliphatic heterocycles. The molecule has 2 nitrogen and oxygen atoms in total. The highest BCUT2D eigenvalue weighted by molar-refractivity contribution is 5.41. The zero-order chi connectivity index (χ0) is 8.81. The van der Waals surface area contributed by atoms with Crippen LogP contribution in [-0.4, -0.2) is 11.0 Å². The molecule has 1 unspecified atom stereocenters. The first-order chi connectivity index (χ1) is 5.83. The van der Waals surface area contributed by atoms with Crippen LogP contribution in [-0.2, 0) is 0 Å². The largest absolute Gasteiger partial charge is 0.382 e. The van der Waals surface area contributed by atoms with Crippen LogP contribution in [0, 0.1) is 0 Å². The van der Waals surface area contributed by atoms with Crippen molar-refractivity contribution < 1.29 is 0 Å². The van der Waals surface area contributed by atoms with Crippen LogP contribution in [0.15, 0.2) is 37.2 Å². The highest BCUT2D eigenvalue weighted by atomic mass is 14.9. The number of rotatable bonds is 4. The maximum Gasteiger partial charge on any atom is 0.0373 e. The van der Waals surface area contributed by atoms with Crippen LogP contribution in [0.25, 0.3) is 0 Å². The van der Waals surface area contributed by atoms with Crippen LogP contribution in [0.5, 0.6) is 0 Å². The first-order valence-corrected chi connectivity index (χ1v) is 4.10. The molecule has 0 saturated heterocycles. The quantitative estimate of drug-likeness (QED) is 0.688. The van der Waals surface area contributed by atoms with Gasteiger partial charge in [0.25, 0.3) is 0 Å². The Bertz CT molecular complexity index is 231. The minimum atomic E-state index is 0.435. The Hall–Kier alpha value is -1.31. The fraction of sp³-hybridized carbons (Fsp3) is 0.300. The lowest BCUT2D eigenvalue weighted by Crippen LogP contribution is -2.13. The van der Waals surface area contributed by atoms with Gasteiger partial charge in [0.05, 0.1) is 0 Å². The van der Waals surface area contributed by atoms with Crippen LogP contribution >= 0.6 is 0 Å². The lowest BCUT2D eigenvalue weighted by Gasteiger charge is -2.12. The fourth-order valence-electron chi connectivity index (χ4n) is 1.04. The Morgan fingerprint density at radius 1 is 1.58 bits per heavy atom. The third-order valence-electron chi connectivity index (χ3n) is 1.61. The molecule has 1 aromatic heterocycles. The van der Waals surface area contributed by atoms with Gasteiger partial charge in [0.15, 0.2) is 0 Å². The summed E-state index contributed by atoms with van der Waals surface area (Å²) in [5.74, 6) is 0. The van der Waals surface area contributed by atoms with E-state index in [4.69, 9.17) is 0 Å². The van der Waals surface area contributed by atoms with Gasteiger partial charge in [-0.1, -0.05) is 6.08 Å². The van der Waals surface area contributed by atoms with E-state index in [0.29, 0.717) is 6.04 Å². The number of pyridine rings is 1. The molecule has 1 atom stereocenters. The molecule has 0 fully saturated rings. The summed E-state index contributed by atoms with van der Waals surface area (Å²) in [5.41, 5.74) is 1.11. The van der Waals surface area contributed by atoms with Crippen molar-refractivity contribution >= 4 is 5.69 Å². The summed E-state index contributed by atoms with van der Waals surface area (Å²) in [6.07, 6.45) is 6.45. The summed E-state index contributed by atoms with van der Waals surface area (Å²) in [4.78, 5) is 3.94. The Morgan fingerprint density at radius 2 is 2.25 bits per heavy atom. The van der Waals surface area contributed by atoms with Gasteiger partial charge in [-0.25, -0.2) is 0 Å². The second-order valence-corrected chi connectivity index (χ2v) is 2.81. The van der Waals surface area contributed by atoms with E-state index in [1.165, 1.54) is 0 Å². The number of nitrogens with zero attached hydrogens (tertiary/aromatic N) is 1. The second-order valence-electron chi connectivity index (χ2n) is 2.81. The molecule has 12 heavy (non-hydrogen) atoms. The van der Waals surface area contributed by atoms with Gasteiger partial charge in [-0.2, -0.15) is 0 Å². The van der Waals surface area contributed by atoms with E-state index in [2.05, 4.69) is 23.8 Å². The predicted octanol–water partition coefficient (Wildman–Crippen LogP) is 2.46. The van der Waals surface area contributed by atoms with Crippen molar-refractivity contribution in [3.05, 3.63) is 37.2 Å². The zero-order valence-corrected chi connectivity index (χ0v) is 7.33. The van der Waals surface area contributed by atoms with E-state index in [1.807, 2.05) is 18.2 Å². The highest BCUT2D eigenvalue weighted by Crippen LogP contribution is 2.06. The van der Waals surface area contributed by atoms with Gasteiger partial charge in [-0.3, -0.25) is 4.98 Å². The summed E-state index contributed by atoms with van der Waals surface area (Å²) < 4.78 is 0. The van der Waals surface area contributed by atoms with Crippen LogP contribution in [0.4, 0.5) is 5.69 Å². The van der Waals surface area contributed by atoms with Gasteiger partial charge < -0.3 is 5.32 Å². The number of hydrogen-bond donors (Lipinski definition) is 1. The van der Waals surface area contributed by atoms with Crippen molar-refractivity contribution in [3.8, 4) is 0 Å². The number of aromatic nitrogens is 1. The molecule has 0 amide bonds. The molecule has 0 spiro atoms. The molecule has 64 valence electrons. The van der Waals surface area contributed by atoms with E-state index in [9.17, 15) is 0 Å². The predicted molar refractivity (Wildman–Crippen MR) is 52.1 cm³/mol. The monoisotopic (exact) mass is 162 g/mol. The van der Waals surface area contributed by atoms with Crippen molar-refractivity contribution in [2.75, 3.05) is 5.32 Å². The molecule has 2 heteroatoms. The average Bonchev–Trinajstić information content (AvgIpc) is 2.06. The number of nitrogens with one attached hydrogen (secondary N) is 1. The summed E-state index contributed by atoms with van der Waals surface area (Å²) in [5, 5.41) is 3.33. The average molecular weight is 162 g/mol. The molecule has 1 heterocycles. The third-order valence-corrected chi connectivity index (χ3v) is 1.61. The molecule has 0 aliphatic rings. The molecule has 0 saturated carbocycles. The molecular weight excluding hydrogens is 148 g/mol. The van der Waals surface area contributed by atoms with Gasteiger partial charge in [0.1, 0.15) is 0 Å². The molecule has 0 bridgehead atoms. The van der Waals surface area contributed by atoms with Gasteiger partial charge in [0.2, 0.25) is 0 Å². The van der Waals surface area contributed by atoms with Crippen LogP contribution < -0.4 is 5.32 Å². The van der Waals surface area contributed by atoms with E-state index < -0.39 is 0 Å². The molecule has 0 aliphatic carbocycles. The second kappa shape index (κ2) is 4.54. The van der Waals surface area contributed by atoms with E-state index in [1.54, 1.807) is 12.4 Å². The third kappa shape index (κ3) is 2.74. The van der Waals surface area contributed by atoms with Gasteiger partial charge in [-0.15, -0.1) is 6.58 Å². The van der Waals surface area contributed by atoms with Crippen molar-refractivity contribution in [1.29, 1.82) is 0 Å². The smallest absolute Gasteiger partial charge is 0.0373 e. The summed E-state index contributed by atoms with van der Waals surface area (Å²) >= 11 is 0. The summed E-state index contributed by atoms with van der Waals surface area (Å²) in [7, 11) is 0. The van der Waals surface area contributed by atoms with Gasteiger partial charge >= 0.3 is 0 Å². The topological polar surface area (TPSA) is 24.9 Å². The van der Waals surface area contributed by atoms with E-state index in [0.717, 1.165) is 12.1 Å². The Kier molecular flexibility index (Phi) is 3.33. The summed E-state index contributed by atoms with van der Waals surface area (Å²) in [6.45, 7) is 5.82. The lowest BCUT2D eigenvalue weighted by molar-refractivity contribution is 0.814. The Morgan fingerprint density at radius 3 is 2.83 bits per heavy atom. The van der Waals surface area contributed by atoms with E-state index in [-0.39, 0.29) is 0 Å². The number of anilines is 1. The maximum atomic E-state index is 3.94. The van der Waals surface area contributed by atoms with E-state index >= 15 is 0 Å². The standard InChI is InChI=1S/C10H14N2/c1-3-4-9(2)12-10-5-7-11-8-6-10/h3,5-9H,1,4H2,2H3,(H,11,12). The van der Waals surface area contributed by atoms with Crippen molar-refractivity contribution in [1.82, 2.24) is 4.98 Å². The molecule has 0 aromatic carbocycles. The molecule has 1 N–H and O–H groups in total. The van der Waals surface area contributed by atoms with Crippen LogP contribution in [0.2, 0.25) is 0 Å². The Balaban J connectivity index is 2.46. The SMILES string of the molecule is C=CCC(C)Nc1ccncc1. The minimum Gasteiger partial charge on any atom is -0.382 e. The highest BCUT2D eigenvalue weighted by Gasteiger charge is 1.97. The van der Waals surface area contributed by atoms with Gasteiger partial charge in [-0.05, 0) is 25.5 Å². The maximum absolute atomic E-state index is 3.94. The normalized spacial score (nSPS) is 12.1.